The topological polar surface area (TPSA) is 75.2 Å². The van der Waals surface area contributed by atoms with Crippen LogP contribution in [-0.2, 0) is 18.0 Å². The van der Waals surface area contributed by atoms with E-state index >= 15 is 0 Å². The molecule has 16 heavy (non-hydrogen) atoms. The Morgan fingerprint density at radius 2 is 2.25 bits per heavy atom. The molecule has 2 rings (SSSR count). The molecule has 0 bridgehead atoms. The average molecular weight is 224 g/mol. The van der Waals surface area contributed by atoms with Crippen molar-refractivity contribution in [3.8, 4) is 0 Å². The lowest BCUT2D eigenvalue weighted by atomic mass is 10.3. The summed E-state index contributed by atoms with van der Waals surface area (Å²) in [7, 11) is 0. The summed E-state index contributed by atoms with van der Waals surface area (Å²) in [6, 6.07) is 1.41. The second-order valence-corrected chi connectivity index (χ2v) is 4.06. The molecule has 0 aliphatic heterocycles. The smallest absolute Gasteiger partial charge is 0.251 e. The van der Waals surface area contributed by atoms with Crippen molar-refractivity contribution >= 4 is 0 Å². The van der Waals surface area contributed by atoms with Crippen LogP contribution in [0, 0.1) is 0 Å². The fraction of sp³-hybridized carbons (Fsp3) is 0.636. The van der Waals surface area contributed by atoms with Gasteiger partial charge in [0.1, 0.15) is 12.4 Å². The van der Waals surface area contributed by atoms with E-state index in [1.165, 1.54) is 18.9 Å². The minimum absolute atomic E-state index is 0.246. The molecule has 2 N–H and O–H groups in total. The van der Waals surface area contributed by atoms with Crippen LogP contribution in [0.4, 0.5) is 0 Å². The molecule has 0 atom stereocenters. The van der Waals surface area contributed by atoms with Crippen molar-refractivity contribution in [1.29, 1.82) is 0 Å². The number of nitrogens with zero attached hydrogens (tertiary/aromatic N) is 1. The van der Waals surface area contributed by atoms with Crippen LogP contribution in [0.2, 0.25) is 0 Å². The van der Waals surface area contributed by atoms with E-state index in [-0.39, 0.29) is 18.0 Å². The zero-order valence-corrected chi connectivity index (χ0v) is 9.11. The van der Waals surface area contributed by atoms with Gasteiger partial charge in [0.15, 0.2) is 0 Å². The van der Waals surface area contributed by atoms with E-state index in [0.29, 0.717) is 18.4 Å². The van der Waals surface area contributed by atoms with E-state index in [4.69, 9.17) is 9.84 Å². The minimum atomic E-state index is -0.257. The fourth-order valence-electron chi connectivity index (χ4n) is 1.97. The largest absolute Gasteiger partial charge is 0.388 e. The Balaban J connectivity index is 1.97. The fourth-order valence-corrected chi connectivity index (χ4v) is 1.97. The molecule has 88 valence electrons. The van der Waals surface area contributed by atoms with Gasteiger partial charge in [0.2, 0.25) is 0 Å². The van der Waals surface area contributed by atoms with Crippen LogP contribution >= 0.6 is 0 Å². The van der Waals surface area contributed by atoms with Gasteiger partial charge < -0.3 is 14.8 Å². The Bertz CT molecular complexity index is 396. The van der Waals surface area contributed by atoms with E-state index in [0.717, 1.165) is 12.8 Å². The third-order valence-corrected chi connectivity index (χ3v) is 2.76. The first-order valence-electron chi connectivity index (χ1n) is 5.59. The number of aliphatic hydroxyl groups excluding tert-OH is 1. The predicted octanol–water partition coefficient (Wildman–Crippen LogP) is 0.721. The van der Waals surface area contributed by atoms with Crippen molar-refractivity contribution in [2.75, 3.05) is 0 Å². The summed E-state index contributed by atoms with van der Waals surface area (Å²) >= 11 is 0. The lowest BCUT2D eigenvalue weighted by Gasteiger charge is -2.10. The van der Waals surface area contributed by atoms with E-state index in [2.05, 4.69) is 9.97 Å². The summed E-state index contributed by atoms with van der Waals surface area (Å²) in [6.07, 6.45) is 4.93. The molecule has 1 heterocycles. The second kappa shape index (κ2) is 5.23. The summed E-state index contributed by atoms with van der Waals surface area (Å²) in [6.45, 7) is 0.0914. The quantitative estimate of drug-likeness (QED) is 0.790. The van der Waals surface area contributed by atoms with Crippen LogP contribution in [0.15, 0.2) is 10.9 Å². The molecule has 1 aliphatic carbocycles. The van der Waals surface area contributed by atoms with Gasteiger partial charge in [-0.15, -0.1) is 0 Å². The van der Waals surface area contributed by atoms with Crippen molar-refractivity contribution in [3.63, 3.8) is 0 Å². The van der Waals surface area contributed by atoms with Crippen LogP contribution in [0.1, 0.15) is 37.2 Å². The molecule has 1 fully saturated rings. The molecule has 5 heteroatoms. The van der Waals surface area contributed by atoms with Gasteiger partial charge >= 0.3 is 0 Å². The summed E-state index contributed by atoms with van der Waals surface area (Å²) in [5.74, 6) is 0.289. The third kappa shape index (κ3) is 2.90. The standard InChI is InChI=1S/C11H16N2O3/c14-6-10-12-8(5-11(15)13-10)7-16-9-3-1-2-4-9/h5,9,14H,1-4,6-7H2,(H,12,13,15). The lowest BCUT2D eigenvalue weighted by Crippen LogP contribution is -2.15. The Hall–Kier alpha value is -1.20. The van der Waals surface area contributed by atoms with Crippen LogP contribution in [0.3, 0.4) is 0 Å². The molecule has 1 aromatic heterocycles. The number of hydrogen-bond acceptors (Lipinski definition) is 4. The zero-order chi connectivity index (χ0) is 11.4. The average Bonchev–Trinajstić information content (AvgIpc) is 2.78. The molecule has 0 amide bonds. The number of ether oxygens (including phenoxy) is 1. The Labute approximate surface area is 93.5 Å². The highest BCUT2D eigenvalue weighted by Gasteiger charge is 2.15. The predicted molar refractivity (Wildman–Crippen MR) is 57.8 cm³/mol. The number of rotatable bonds is 4. The van der Waals surface area contributed by atoms with Gasteiger partial charge in [-0.1, -0.05) is 12.8 Å². The third-order valence-electron chi connectivity index (χ3n) is 2.76. The van der Waals surface area contributed by atoms with Crippen molar-refractivity contribution in [3.05, 3.63) is 27.9 Å². The van der Waals surface area contributed by atoms with Gasteiger partial charge in [-0.25, -0.2) is 4.98 Å². The molecule has 1 aromatic rings. The van der Waals surface area contributed by atoms with Crippen molar-refractivity contribution in [1.82, 2.24) is 9.97 Å². The molecule has 0 spiro atoms. The first-order valence-corrected chi connectivity index (χ1v) is 5.59. The highest BCUT2D eigenvalue weighted by atomic mass is 16.5. The van der Waals surface area contributed by atoms with Crippen LogP contribution in [-0.4, -0.2) is 21.2 Å². The number of aromatic amines is 1. The van der Waals surface area contributed by atoms with E-state index in [1.54, 1.807) is 0 Å². The molecular weight excluding hydrogens is 208 g/mol. The number of nitrogens with one attached hydrogen (secondary N) is 1. The normalized spacial score (nSPS) is 16.8. The van der Waals surface area contributed by atoms with Crippen molar-refractivity contribution < 1.29 is 9.84 Å². The molecular formula is C11H16N2O3. The lowest BCUT2D eigenvalue weighted by molar-refractivity contribution is 0.0434. The first kappa shape index (κ1) is 11.3. The molecule has 1 aliphatic rings. The van der Waals surface area contributed by atoms with Crippen molar-refractivity contribution in [2.45, 2.75) is 45.0 Å². The van der Waals surface area contributed by atoms with Crippen LogP contribution in [0.5, 0.6) is 0 Å². The number of H-pyrrole nitrogens is 1. The van der Waals surface area contributed by atoms with Gasteiger partial charge in [-0.2, -0.15) is 0 Å². The number of aromatic nitrogens is 2. The van der Waals surface area contributed by atoms with Gasteiger partial charge in [0.25, 0.3) is 5.56 Å². The van der Waals surface area contributed by atoms with E-state index in [9.17, 15) is 4.79 Å². The van der Waals surface area contributed by atoms with Crippen LogP contribution < -0.4 is 5.56 Å². The zero-order valence-electron chi connectivity index (χ0n) is 9.11. The van der Waals surface area contributed by atoms with E-state index in [1.807, 2.05) is 0 Å². The van der Waals surface area contributed by atoms with Crippen molar-refractivity contribution in [2.24, 2.45) is 0 Å². The second-order valence-electron chi connectivity index (χ2n) is 4.06. The minimum Gasteiger partial charge on any atom is -0.388 e. The molecule has 0 radical (unpaired) electrons. The molecule has 0 aromatic carbocycles. The maximum absolute atomic E-state index is 11.2. The summed E-state index contributed by atoms with van der Waals surface area (Å²) in [4.78, 5) is 17.7. The monoisotopic (exact) mass is 224 g/mol. The number of aliphatic hydroxyl groups is 1. The van der Waals surface area contributed by atoms with Crippen LogP contribution in [0.25, 0.3) is 0 Å². The molecule has 5 nitrogen and oxygen atoms in total. The molecule has 0 saturated heterocycles. The Morgan fingerprint density at radius 1 is 1.50 bits per heavy atom. The number of hydrogen-bond donors (Lipinski definition) is 2. The van der Waals surface area contributed by atoms with Gasteiger partial charge in [-0.3, -0.25) is 4.79 Å². The summed E-state index contributed by atoms with van der Waals surface area (Å²) in [5.41, 5.74) is 0.337. The SMILES string of the molecule is O=c1cc(COC2CCCC2)nc(CO)[nH]1. The Morgan fingerprint density at radius 3 is 2.94 bits per heavy atom. The Kier molecular flexibility index (Phi) is 3.69. The first-order chi connectivity index (χ1) is 7.78. The summed E-state index contributed by atoms with van der Waals surface area (Å²) in [5, 5.41) is 8.89. The molecule has 1 saturated carbocycles. The highest BCUT2D eigenvalue weighted by Crippen LogP contribution is 2.21. The highest BCUT2D eigenvalue weighted by molar-refractivity contribution is 5.01. The maximum atomic E-state index is 11.2. The van der Waals surface area contributed by atoms with Gasteiger partial charge in [0.05, 0.1) is 18.4 Å². The van der Waals surface area contributed by atoms with Gasteiger partial charge in [-0.05, 0) is 12.8 Å². The van der Waals surface area contributed by atoms with Gasteiger partial charge in [0, 0.05) is 6.07 Å². The molecule has 0 unspecified atom stereocenters. The van der Waals surface area contributed by atoms with E-state index < -0.39 is 0 Å². The summed E-state index contributed by atoms with van der Waals surface area (Å²) < 4.78 is 5.65. The maximum Gasteiger partial charge on any atom is 0.251 e.